The zero-order chi connectivity index (χ0) is 12.5. The minimum absolute atomic E-state index is 0.0918. The summed E-state index contributed by atoms with van der Waals surface area (Å²) in [7, 11) is 1.15. The number of esters is 1. The molecule has 0 heterocycles. The number of benzene rings is 1. The Balaban J connectivity index is 3.64. The smallest absolute Gasteiger partial charge is 0.346 e. The summed E-state index contributed by atoms with van der Waals surface area (Å²) in [5.74, 6) is -0.782. The van der Waals surface area contributed by atoms with Crippen molar-refractivity contribution in [3.05, 3.63) is 29.8 Å². The van der Waals surface area contributed by atoms with Crippen molar-refractivity contribution in [3.63, 3.8) is 0 Å². The van der Waals surface area contributed by atoms with Gasteiger partial charge < -0.3 is 10.5 Å². The fraction of sp³-hybridized carbons (Fsp3) is 0.125. The van der Waals surface area contributed by atoms with Crippen LogP contribution in [0.3, 0.4) is 0 Å². The van der Waals surface area contributed by atoms with E-state index in [4.69, 9.17) is 5.73 Å². The summed E-state index contributed by atoms with van der Waals surface area (Å²) >= 11 is 4.89. The molecule has 1 aromatic rings. The van der Waals surface area contributed by atoms with E-state index in [2.05, 4.69) is 20.7 Å². The van der Waals surface area contributed by atoms with Crippen LogP contribution in [-0.2, 0) is 4.74 Å². The van der Waals surface area contributed by atoms with Gasteiger partial charge in [0.15, 0.2) is 5.56 Å². The van der Waals surface area contributed by atoms with Crippen molar-refractivity contribution in [1.29, 1.82) is 0 Å². The predicted octanol–water partition coefficient (Wildman–Crippen LogP) is 2.33. The molecule has 1 aromatic carbocycles. The van der Waals surface area contributed by atoms with E-state index >= 15 is 0 Å². The fourth-order valence-electron chi connectivity index (χ4n) is 1.11. The van der Waals surface area contributed by atoms with Crippen LogP contribution in [0.25, 0.3) is 0 Å². The third-order valence-corrected chi connectivity index (χ3v) is 3.32. The first-order chi connectivity index (χ1) is 7.40. The van der Waals surface area contributed by atoms with Crippen molar-refractivity contribution in [1.82, 2.24) is 0 Å². The average Bonchev–Trinajstić information content (AvgIpc) is 2.21. The van der Waals surface area contributed by atoms with Gasteiger partial charge in [-0.25, -0.2) is 4.79 Å². The van der Waals surface area contributed by atoms with E-state index in [1.807, 2.05) is 22.6 Å². The van der Waals surface area contributed by atoms with Crippen LogP contribution in [0.4, 0.5) is 11.4 Å². The molecule has 2 N–H and O–H groups in total. The predicted molar refractivity (Wildman–Crippen MR) is 69.3 cm³/mol. The molecular weight excluding hydrogens is 395 g/mol. The Morgan fingerprint density at radius 3 is 2.69 bits per heavy atom. The van der Waals surface area contributed by atoms with Crippen LogP contribution in [0.2, 0.25) is 0 Å². The Morgan fingerprint density at radius 1 is 1.69 bits per heavy atom. The minimum Gasteiger partial charge on any atom is -0.465 e. The Kier molecular flexibility index (Phi) is 4.08. The van der Waals surface area contributed by atoms with Crippen LogP contribution in [0, 0.1) is 13.7 Å². The van der Waals surface area contributed by atoms with Crippen molar-refractivity contribution in [2.24, 2.45) is 0 Å². The molecule has 0 aliphatic carbocycles. The number of nitrogens with two attached hydrogens (primary N) is 1. The number of nitrogen functional groups attached to an aromatic ring is 1. The van der Waals surface area contributed by atoms with Gasteiger partial charge in [-0.05, 0) is 44.6 Å². The molecule has 0 amide bonds. The average molecular weight is 401 g/mol. The molecule has 0 spiro atoms. The number of rotatable bonds is 2. The molecule has 0 aromatic heterocycles. The lowest BCUT2D eigenvalue weighted by Gasteiger charge is -2.07. The highest BCUT2D eigenvalue weighted by atomic mass is 127. The number of hydrogen-bond donors (Lipinski definition) is 1. The quantitative estimate of drug-likeness (QED) is 0.270. The van der Waals surface area contributed by atoms with E-state index in [1.165, 1.54) is 6.07 Å². The lowest BCUT2D eigenvalue weighted by molar-refractivity contribution is -0.384. The van der Waals surface area contributed by atoms with Crippen LogP contribution in [0.1, 0.15) is 10.4 Å². The molecule has 0 unspecified atom stereocenters. The summed E-state index contributed by atoms with van der Waals surface area (Å²) in [6.45, 7) is 0. The zero-order valence-electron chi connectivity index (χ0n) is 7.99. The van der Waals surface area contributed by atoms with Gasteiger partial charge in [-0.2, -0.15) is 0 Å². The summed E-state index contributed by atoms with van der Waals surface area (Å²) < 4.78 is 5.26. The van der Waals surface area contributed by atoms with Crippen molar-refractivity contribution < 1.29 is 14.5 Å². The third kappa shape index (κ3) is 2.26. The third-order valence-electron chi connectivity index (χ3n) is 1.81. The van der Waals surface area contributed by atoms with Crippen molar-refractivity contribution in [2.45, 2.75) is 0 Å². The second-order valence-electron chi connectivity index (χ2n) is 2.73. The maximum absolute atomic E-state index is 11.4. The molecule has 0 saturated heterocycles. The molecule has 0 aliphatic heterocycles. The molecule has 6 nitrogen and oxygen atoms in total. The molecule has 0 radical (unpaired) electrons. The van der Waals surface area contributed by atoms with Gasteiger partial charge in [-0.15, -0.1) is 0 Å². The van der Waals surface area contributed by atoms with Crippen LogP contribution >= 0.6 is 38.5 Å². The lowest BCUT2D eigenvalue weighted by atomic mass is 10.1. The highest BCUT2D eigenvalue weighted by Gasteiger charge is 2.29. The number of hydrogen-bond acceptors (Lipinski definition) is 5. The van der Waals surface area contributed by atoms with Crippen molar-refractivity contribution in [3.8, 4) is 0 Å². The van der Waals surface area contributed by atoms with Crippen LogP contribution in [0.15, 0.2) is 10.5 Å². The van der Waals surface area contributed by atoms with Gasteiger partial charge in [-0.3, -0.25) is 10.1 Å². The Labute approximate surface area is 113 Å². The maximum Gasteiger partial charge on any atom is 0.346 e. The first-order valence-electron chi connectivity index (χ1n) is 3.90. The second kappa shape index (κ2) is 4.95. The number of halogens is 2. The minimum atomic E-state index is -0.782. The van der Waals surface area contributed by atoms with E-state index in [9.17, 15) is 14.9 Å². The topological polar surface area (TPSA) is 95.5 Å². The van der Waals surface area contributed by atoms with Gasteiger partial charge in [-0.1, -0.05) is 0 Å². The molecule has 86 valence electrons. The van der Waals surface area contributed by atoms with Gasteiger partial charge in [0.1, 0.15) is 5.69 Å². The van der Waals surface area contributed by atoms with Crippen LogP contribution < -0.4 is 5.73 Å². The number of nitro groups is 1. The van der Waals surface area contributed by atoms with Gasteiger partial charge in [0.25, 0.3) is 0 Å². The van der Waals surface area contributed by atoms with Crippen LogP contribution in [-0.4, -0.2) is 18.0 Å². The highest BCUT2D eigenvalue weighted by molar-refractivity contribution is 14.1. The van der Waals surface area contributed by atoms with E-state index in [0.717, 1.165) is 7.11 Å². The SMILES string of the molecule is COC(=O)c1c(I)cc(Br)c(N)c1[N+](=O)[O-]. The summed E-state index contributed by atoms with van der Waals surface area (Å²) in [4.78, 5) is 21.6. The standard InChI is InChI=1S/C8H6BrIN2O4/c1-16-8(13)5-4(10)2-3(9)6(11)7(5)12(14)15/h2H,11H2,1H3. The molecule has 8 heteroatoms. The monoisotopic (exact) mass is 400 g/mol. The largest absolute Gasteiger partial charge is 0.465 e. The molecule has 0 saturated carbocycles. The van der Waals surface area contributed by atoms with E-state index < -0.39 is 16.6 Å². The molecule has 16 heavy (non-hydrogen) atoms. The Hall–Kier alpha value is -0.900. The van der Waals surface area contributed by atoms with E-state index in [-0.39, 0.29) is 11.3 Å². The number of anilines is 1. The summed E-state index contributed by atoms with van der Waals surface area (Å²) in [6.07, 6.45) is 0. The molecule has 0 bridgehead atoms. The first-order valence-corrected chi connectivity index (χ1v) is 5.77. The Bertz CT molecular complexity index is 478. The summed E-state index contributed by atoms with van der Waals surface area (Å²) in [6, 6.07) is 1.52. The Morgan fingerprint density at radius 2 is 2.25 bits per heavy atom. The number of carbonyl (C=O) groups excluding carboxylic acids is 1. The van der Waals surface area contributed by atoms with Gasteiger partial charge >= 0.3 is 11.7 Å². The molecular formula is C8H6BrIN2O4. The number of nitro benzene ring substituents is 1. The number of carbonyl (C=O) groups is 1. The van der Waals surface area contributed by atoms with Crippen molar-refractivity contribution in [2.75, 3.05) is 12.8 Å². The summed E-state index contributed by atoms with van der Waals surface area (Å²) in [5.41, 5.74) is 4.88. The number of nitrogens with zero attached hydrogens (tertiary/aromatic N) is 1. The van der Waals surface area contributed by atoms with Crippen LogP contribution in [0.5, 0.6) is 0 Å². The van der Waals surface area contributed by atoms with E-state index in [1.54, 1.807) is 0 Å². The van der Waals surface area contributed by atoms with E-state index in [0.29, 0.717) is 8.04 Å². The maximum atomic E-state index is 11.4. The molecule has 0 fully saturated rings. The van der Waals surface area contributed by atoms with Gasteiger partial charge in [0.05, 0.1) is 12.0 Å². The lowest BCUT2D eigenvalue weighted by Crippen LogP contribution is -2.10. The van der Waals surface area contributed by atoms with Gasteiger partial charge in [0.2, 0.25) is 0 Å². The normalized spacial score (nSPS) is 9.94. The number of methoxy groups -OCH3 is 1. The second-order valence-corrected chi connectivity index (χ2v) is 4.74. The first kappa shape index (κ1) is 13.2. The van der Waals surface area contributed by atoms with Crippen molar-refractivity contribution >= 4 is 55.9 Å². The molecule has 1 rings (SSSR count). The molecule has 0 atom stereocenters. The highest BCUT2D eigenvalue weighted by Crippen LogP contribution is 2.36. The van der Waals surface area contributed by atoms with Gasteiger partial charge in [0, 0.05) is 8.04 Å². The summed E-state index contributed by atoms with van der Waals surface area (Å²) in [5, 5.41) is 10.9. The number of ether oxygens (including phenoxy) is 1. The molecule has 0 aliphatic rings. The fourth-order valence-corrected chi connectivity index (χ4v) is 2.74. The zero-order valence-corrected chi connectivity index (χ0v) is 11.7.